The summed E-state index contributed by atoms with van der Waals surface area (Å²) in [6, 6.07) is 2.34. The Labute approximate surface area is 172 Å². The molecule has 1 aliphatic heterocycles. The molecule has 3 unspecified atom stereocenters. The molecule has 0 aromatic heterocycles. The summed E-state index contributed by atoms with van der Waals surface area (Å²) < 4.78 is 5.60. The van der Waals surface area contributed by atoms with Crippen LogP contribution >= 0.6 is 0 Å². The van der Waals surface area contributed by atoms with Crippen LogP contribution in [0.1, 0.15) is 70.6 Å². The highest BCUT2D eigenvalue weighted by atomic mass is 16.5. The Hall–Kier alpha value is -0.200. The lowest BCUT2D eigenvalue weighted by Gasteiger charge is -2.44. The zero-order chi connectivity index (χ0) is 19.3. The number of rotatable bonds is 7. The van der Waals surface area contributed by atoms with E-state index in [2.05, 4.69) is 15.5 Å². The number of methoxy groups -OCH3 is 1. The lowest BCUT2D eigenvalue weighted by molar-refractivity contribution is 0.0238. The SMILES string of the molecule is COC1CCC(N2CNC3CCC(C4CCC(CNCCN)CC4)CC32)CC1. The smallest absolute Gasteiger partial charge is 0.0572 e. The van der Waals surface area contributed by atoms with Gasteiger partial charge >= 0.3 is 0 Å². The Balaban J connectivity index is 1.26. The molecular formula is C23H44N4O. The van der Waals surface area contributed by atoms with Crippen molar-refractivity contribution in [1.82, 2.24) is 15.5 Å². The molecule has 28 heavy (non-hydrogen) atoms. The van der Waals surface area contributed by atoms with Crippen molar-refractivity contribution in [3.8, 4) is 0 Å². The normalized spacial score (nSPS) is 42.4. The van der Waals surface area contributed by atoms with Gasteiger partial charge in [-0.2, -0.15) is 0 Å². The van der Waals surface area contributed by atoms with Crippen LogP contribution in [0.15, 0.2) is 0 Å². The van der Waals surface area contributed by atoms with E-state index in [1.165, 1.54) is 77.2 Å². The van der Waals surface area contributed by atoms with Crippen LogP contribution < -0.4 is 16.4 Å². The van der Waals surface area contributed by atoms with Gasteiger partial charge in [0.05, 0.1) is 6.10 Å². The molecule has 1 heterocycles. The van der Waals surface area contributed by atoms with Crippen molar-refractivity contribution in [3.63, 3.8) is 0 Å². The summed E-state index contributed by atoms with van der Waals surface area (Å²) in [6.45, 7) is 4.05. The van der Waals surface area contributed by atoms with Gasteiger partial charge in [0.1, 0.15) is 0 Å². The summed E-state index contributed by atoms with van der Waals surface area (Å²) in [6.07, 6.45) is 15.7. The summed E-state index contributed by atoms with van der Waals surface area (Å²) in [5, 5.41) is 7.40. The number of hydrogen-bond acceptors (Lipinski definition) is 5. The van der Waals surface area contributed by atoms with Crippen molar-refractivity contribution < 1.29 is 4.74 Å². The van der Waals surface area contributed by atoms with Gasteiger partial charge in [0.2, 0.25) is 0 Å². The third kappa shape index (κ3) is 4.92. The first-order chi connectivity index (χ1) is 13.8. The highest BCUT2D eigenvalue weighted by Crippen LogP contribution is 2.43. The van der Waals surface area contributed by atoms with E-state index < -0.39 is 0 Å². The third-order valence-electron chi connectivity index (χ3n) is 8.58. The Morgan fingerprint density at radius 3 is 2.43 bits per heavy atom. The molecular weight excluding hydrogens is 348 g/mol. The topological polar surface area (TPSA) is 62.5 Å². The van der Waals surface area contributed by atoms with Crippen molar-refractivity contribution in [3.05, 3.63) is 0 Å². The lowest BCUT2D eigenvalue weighted by atomic mass is 9.69. The third-order valence-corrected chi connectivity index (χ3v) is 8.58. The Morgan fingerprint density at radius 2 is 1.71 bits per heavy atom. The summed E-state index contributed by atoms with van der Waals surface area (Å²) >= 11 is 0. The number of nitrogens with two attached hydrogens (primary N) is 1. The van der Waals surface area contributed by atoms with Crippen molar-refractivity contribution >= 4 is 0 Å². The first-order valence-corrected chi connectivity index (χ1v) is 12.2. The number of hydrogen-bond donors (Lipinski definition) is 3. The number of ether oxygens (including phenoxy) is 1. The molecule has 162 valence electrons. The minimum Gasteiger partial charge on any atom is -0.381 e. The molecule has 0 amide bonds. The molecule has 4 fully saturated rings. The number of nitrogens with one attached hydrogen (secondary N) is 2. The zero-order valence-corrected chi connectivity index (χ0v) is 18.1. The highest BCUT2D eigenvalue weighted by molar-refractivity contribution is 5.00. The molecule has 4 aliphatic rings. The molecule has 0 spiro atoms. The maximum Gasteiger partial charge on any atom is 0.0572 e. The predicted octanol–water partition coefficient (Wildman–Crippen LogP) is 2.70. The van der Waals surface area contributed by atoms with E-state index in [0.717, 1.165) is 55.6 Å². The molecule has 0 aromatic rings. The lowest BCUT2D eigenvalue weighted by Crippen LogP contribution is -2.48. The van der Waals surface area contributed by atoms with Gasteiger partial charge < -0.3 is 15.8 Å². The summed E-state index contributed by atoms with van der Waals surface area (Å²) in [5.74, 6) is 2.84. The largest absolute Gasteiger partial charge is 0.381 e. The van der Waals surface area contributed by atoms with Crippen LogP contribution in [0, 0.1) is 17.8 Å². The Bertz CT molecular complexity index is 460. The maximum absolute atomic E-state index is 5.61. The summed E-state index contributed by atoms with van der Waals surface area (Å²) in [4.78, 5) is 2.87. The Kier molecular flexibility index (Phi) is 7.67. The highest BCUT2D eigenvalue weighted by Gasteiger charge is 2.44. The van der Waals surface area contributed by atoms with Crippen LogP contribution in [0.3, 0.4) is 0 Å². The first kappa shape index (κ1) is 21.0. The van der Waals surface area contributed by atoms with Crippen LogP contribution in [0.2, 0.25) is 0 Å². The maximum atomic E-state index is 5.61. The van der Waals surface area contributed by atoms with E-state index in [0.29, 0.717) is 6.10 Å². The minimum atomic E-state index is 0.510. The standard InChI is InChI=1S/C23H44N4O/c1-28-21-9-7-20(8-10-21)27-16-26-22-11-6-19(14-23(22)27)18-4-2-17(3-5-18)15-25-13-12-24/h17-23,25-26H,2-16,24H2,1H3. The number of nitrogens with zero attached hydrogens (tertiary/aromatic N) is 1. The van der Waals surface area contributed by atoms with E-state index in [9.17, 15) is 0 Å². The van der Waals surface area contributed by atoms with Crippen molar-refractivity contribution in [1.29, 1.82) is 0 Å². The molecule has 3 atom stereocenters. The van der Waals surface area contributed by atoms with Gasteiger partial charge in [0, 0.05) is 45.0 Å². The van der Waals surface area contributed by atoms with Crippen LogP contribution in [-0.2, 0) is 4.74 Å². The fraction of sp³-hybridized carbons (Fsp3) is 1.00. The number of fused-ring (bicyclic) bond motifs is 1. The van der Waals surface area contributed by atoms with E-state index in [4.69, 9.17) is 10.5 Å². The van der Waals surface area contributed by atoms with Crippen LogP contribution in [0.25, 0.3) is 0 Å². The van der Waals surface area contributed by atoms with E-state index in [-0.39, 0.29) is 0 Å². The molecule has 4 N–H and O–H groups in total. The molecule has 5 nitrogen and oxygen atoms in total. The first-order valence-electron chi connectivity index (χ1n) is 12.2. The molecule has 3 saturated carbocycles. The zero-order valence-electron chi connectivity index (χ0n) is 18.1. The van der Waals surface area contributed by atoms with Gasteiger partial charge in [-0.3, -0.25) is 10.2 Å². The van der Waals surface area contributed by atoms with Gasteiger partial charge in [0.25, 0.3) is 0 Å². The monoisotopic (exact) mass is 392 g/mol. The quantitative estimate of drug-likeness (QED) is 0.582. The summed E-state index contributed by atoms with van der Waals surface area (Å²) in [5.41, 5.74) is 5.61. The molecule has 1 saturated heterocycles. The molecule has 0 bridgehead atoms. The van der Waals surface area contributed by atoms with E-state index >= 15 is 0 Å². The van der Waals surface area contributed by atoms with Gasteiger partial charge in [-0.15, -0.1) is 0 Å². The molecule has 3 aliphatic carbocycles. The van der Waals surface area contributed by atoms with Crippen LogP contribution in [-0.4, -0.2) is 62.5 Å². The second kappa shape index (κ2) is 10.2. The van der Waals surface area contributed by atoms with Gasteiger partial charge in [0.15, 0.2) is 0 Å². The second-order valence-corrected chi connectivity index (χ2v) is 10.1. The van der Waals surface area contributed by atoms with Crippen molar-refractivity contribution in [2.24, 2.45) is 23.5 Å². The fourth-order valence-electron chi connectivity index (χ4n) is 6.84. The van der Waals surface area contributed by atoms with Gasteiger partial charge in [-0.25, -0.2) is 0 Å². The molecule has 0 radical (unpaired) electrons. The van der Waals surface area contributed by atoms with Gasteiger partial charge in [-0.1, -0.05) is 0 Å². The second-order valence-electron chi connectivity index (χ2n) is 10.1. The average Bonchev–Trinajstić information content (AvgIpc) is 3.18. The van der Waals surface area contributed by atoms with E-state index in [1.807, 2.05) is 7.11 Å². The average molecular weight is 393 g/mol. The van der Waals surface area contributed by atoms with Gasteiger partial charge in [-0.05, 0) is 94.9 Å². The van der Waals surface area contributed by atoms with Crippen molar-refractivity contribution in [2.75, 3.05) is 33.4 Å². The molecule has 4 rings (SSSR count). The molecule has 0 aromatic carbocycles. The Morgan fingerprint density at radius 1 is 0.964 bits per heavy atom. The van der Waals surface area contributed by atoms with Crippen molar-refractivity contribution in [2.45, 2.75) is 94.9 Å². The summed E-state index contributed by atoms with van der Waals surface area (Å²) in [7, 11) is 1.88. The fourth-order valence-corrected chi connectivity index (χ4v) is 6.84. The van der Waals surface area contributed by atoms with Crippen LogP contribution in [0.5, 0.6) is 0 Å². The minimum absolute atomic E-state index is 0.510. The molecule has 5 heteroatoms. The predicted molar refractivity (Wildman–Crippen MR) is 115 cm³/mol. The van der Waals surface area contributed by atoms with E-state index in [1.54, 1.807) is 0 Å². The van der Waals surface area contributed by atoms with Crippen LogP contribution in [0.4, 0.5) is 0 Å².